The number of hydrogen-bond donors (Lipinski definition) is 1. The van der Waals surface area contributed by atoms with Crippen LogP contribution in [0.3, 0.4) is 0 Å². The third-order valence-electron chi connectivity index (χ3n) is 7.52. The highest BCUT2D eigenvalue weighted by Crippen LogP contribution is 2.32. The van der Waals surface area contributed by atoms with Crippen LogP contribution in [0.15, 0.2) is 36.5 Å². The van der Waals surface area contributed by atoms with E-state index >= 15 is 0 Å². The lowest BCUT2D eigenvalue weighted by molar-refractivity contribution is 0.264. The first-order valence-corrected chi connectivity index (χ1v) is 13.3. The zero-order valence-corrected chi connectivity index (χ0v) is 21.9. The summed E-state index contributed by atoms with van der Waals surface area (Å²) in [6.45, 7) is 6.27. The molecular formula is C28H39N7O. The van der Waals surface area contributed by atoms with Crippen molar-refractivity contribution in [2.45, 2.75) is 38.1 Å². The highest BCUT2D eigenvalue weighted by molar-refractivity contribution is 5.92. The van der Waals surface area contributed by atoms with Crippen LogP contribution in [0.1, 0.15) is 30.5 Å². The number of aromatic nitrogens is 3. The SMILES string of the molecule is COc1cc2c(NC3CCN(C)CC3)nc(N3CCCN(C)CC3)nc2cc1CCc1ccccn1. The van der Waals surface area contributed by atoms with Crippen LogP contribution in [-0.2, 0) is 12.8 Å². The topological polar surface area (TPSA) is 69.7 Å². The minimum atomic E-state index is 0.414. The number of likely N-dealkylation sites (N-methyl/N-ethyl adjacent to an activating group) is 1. The van der Waals surface area contributed by atoms with Gasteiger partial charge in [0.1, 0.15) is 11.6 Å². The number of methoxy groups -OCH3 is 1. The number of likely N-dealkylation sites (tertiary alicyclic amines) is 1. The molecule has 3 aromatic rings. The zero-order chi connectivity index (χ0) is 24.9. The van der Waals surface area contributed by atoms with E-state index in [0.29, 0.717) is 6.04 Å². The minimum Gasteiger partial charge on any atom is -0.496 e. The summed E-state index contributed by atoms with van der Waals surface area (Å²) in [5, 5.41) is 4.83. The van der Waals surface area contributed by atoms with Crippen LogP contribution in [0.25, 0.3) is 10.9 Å². The van der Waals surface area contributed by atoms with E-state index in [1.807, 2.05) is 18.3 Å². The van der Waals surface area contributed by atoms with Crippen molar-refractivity contribution in [1.82, 2.24) is 24.8 Å². The van der Waals surface area contributed by atoms with Gasteiger partial charge < -0.3 is 24.8 Å². The van der Waals surface area contributed by atoms with Gasteiger partial charge in [0.05, 0.1) is 12.6 Å². The molecule has 2 aliphatic rings. The Morgan fingerprint density at radius 2 is 1.78 bits per heavy atom. The fourth-order valence-electron chi connectivity index (χ4n) is 5.23. The van der Waals surface area contributed by atoms with Gasteiger partial charge in [-0.15, -0.1) is 0 Å². The molecule has 5 rings (SSSR count). The number of aryl methyl sites for hydroxylation is 2. The van der Waals surface area contributed by atoms with Crippen molar-refractivity contribution in [1.29, 1.82) is 0 Å². The van der Waals surface area contributed by atoms with E-state index in [1.54, 1.807) is 7.11 Å². The molecule has 0 saturated carbocycles. The molecule has 2 aromatic heterocycles. The van der Waals surface area contributed by atoms with Crippen LogP contribution in [0, 0.1) is 0 Å². The summed E-state index contributed by atoms with van der Waals surface area (Å²) < 4.78 is 5.85. The Morgan fingerprint density at radius 1 is 0.944 bits per heavy atom. The van der Waals surface area contributed by atoms with Gasteiger partial charge >= 0.3 is 0 Å². The normalized spacial score (nSPS) is 18.4. The van der Waals surface area contributed by atoms with E-state index in [1.165, 1.54) is 0 Å². The fraction of sp³-hybridized carbons (Fsp3) is 0.536. The maximum Gasteiger partial charge on any atom is 0.227 e. The Bertz CT molecular complexity index is 1150. The molecule has 0 bridgehead atoms. The third-order valence-corrected chi connectivity index (χ3v) is 7.52. The average Bonchev–Trinajstić information content (AvgIpc) is 3.13. The first kappa shape index (κ1) is 24.7. The van der Waals surface area contributed by atoms with Crippen LogP contribution in [0.5, 0.6) is 5.75 Å². The molecule has 2 saturated heterocycles. The van der Waals surface area contributed by atoms with E-state index in [4.69, 9.17) is 14.7 Å². The molecule has 0 spiro atoms. The van der Waals surface area contributed by atoms with Crippen molar-refractivity contribution < 1.29 is 4.74 Å². The lowest BCUT2D eigenvalue weighted by Crippen LogP contribution is -2.37. The van der Waals surface area contributed by atoms with Gasteiger partial charge in [-0.05, 0) is 95.7 Å². The number of pyridine rings is 1. The fourth-order valence-corrected chi connectivity index (χ4v) is 5.23. The zero-order valence-electron chi connectivity index (χ0n) is 21.9. The van der Waals surface area contributed by atoms with Crippen molar-refractivity contribution in [3.8, 4) is 5.75 Å². The number of benzene rings is 1. The molecule has 192 valence electrons. The first-order valence-electron chi connectivity index (χ1n) is 13.3. The van der Waals surface area contributed by atoms with E-state index in [0.717, 1.165) is 111 Å². The smallest absolute Gasteiger partial charge is 0.227 e. The summed E-state index contributed by atoms with van der Waals surface area (Å²) in [6, 6.07) is 10.8. The highest BCUT2D eigenvalue weighted by atomic mass is 16.5. The molecule has 2 aliphatic heterocycles. The van der Waals surface area contributed by atoms with Gasteiger partial charge in [0.15, 0.2) is 0 Å². The molecule has 4 heterocycles. The Morgan fingerprint density at radius 3 is 2.56 bits per heavy atom. The van der Waals surface area contributed by atoms with Crippen LogP contribution < -0.4 is 15.0 Å². The van der Waals surface area contributed by atoms with E-state index in [9.17, 15) is 0 Å². The number of piperidine rings is 1. The maximum absolute atomic E-state index is 5.85. The van der Waals surface area contributed by atoms with Crippen molar-refractivity contribution >= 4 is 22.7 Å². The molecule has 8 nitrogen and oxygen atoms in total. The Balaban J connectivity index is 1.50. The third kappa shape index (κ3) is 5.87. The van der Waals surface area contributed by atoms with Crippen molar-refractivity contribution in [3.63, 3.8) is 0 Å². The molecule has 1 N–H and O–H groups in total. The van der Waals surface area contributed by atoms with Gasteiger partial charge in [0.2, 0.25) is 5.95 Å². The van der Waals surface area contributed by atoms with Crippen molar-refractivity contribution in [2.24, 2.45) is 0 Å². The van der Waals surface area contributed by atoms with Crippen LogP contribution in [-0.4, -0.2) is 91.3 Å². The standard InChI is InChI=1S/C28H39N7O/c1-33-13-6-14-35(18-17-33)28-31-25-19-21(8-9-22-7-4-5-12-29-22)26(36-3)20-24(25)27(32-28)30-23-10-15-34(2)16-11-23/h4-5,7,12,19-20,23H,6,8-11,13-18H2,1-3H3,(H,30,31,32). The van der Waals surface area contributed by atoms with E-state index in [2.05, 4.69) is 57.3 Å². The molecule has 0 aliphatic carbocycles. The second-order valence-corrected chi connectivity index (χ2v) is 10.2. The summed E-state index contributed by atoms with van der Waals surface area (Å²) in [4.78, 5) is 21.8. The van der Waals surface area contributed by atoms with Gasteiger partial charge in [0.25, 0.3) is 0 Å². The lowest BCUT2D eigenvalue weighted by Gasteiger charge is -2.30. The Kier molecular flexibility index (Phi) is 7.82. The number of nitrogens with zero attached hydrogens (tertiary/aromatic N) is 6. The summed E-state index contributed by atoms with van der Waals surface area (Å²) in [7, 11) is 6.14. The molecule has 0 atom stereocenters. The molecule has 0 unspecified atom stereocenters. The largest absolute Gasteiger partial charge is 0.496 e. The molecule has 1 aromatic carbocycles. The summed E-state index contributed by atoms with van der Waals surface area (Å²) in [5.74, 6) is 2.64. The van der Waals surface area contributed by atoms with Gasteiger partial charge in [-0.3, -0.25) is 4.98 Å². The quantitative estimate of drug-likeness (QED) is 0.541. The van der Waals surface area contributed by atoms with Gasteiger partial charge in [0, 0.05) is 43.0 Å². The summed E-state index contributed by atoms with van der Waals surface area (Å²) in [6.07, 6.45) is 6.91. The predicted molar refractivity (Wildman–Crippen MR) is 146 cm³/mol. The number of anilines is 2. The molecule has 0 amide bonds. The molecule has 0 radical (unpaired) electrons. The van der Waals surface area contributed by atoms with Crippen molar-refractivity contribution in [2.75, 3.05) is 70.7 Å². The van der Waals surface area contributed by atoms with Crippen LogP contribution >= 0.6 is 0 Å². The average molecular weight is 490 g/mol. The molecule has 36 heavy (non-hydrogen) atoms. The van der Waals surface area contributed by atoms with Gasteiger partial charge in [-0.2, -0.15) is 4.98 Å². The summed E-state index contributed by atoms with van der Waals surface area (Å²) >= 11 is 0. The maximum atomic E-state index is 5.85. The predicted octanol–water partition coefficient (Wildman–Crippen LogP) is 3.47. The van der Waals surface area contributed by atoms with Gasteiger partial charge in [-0.1, -0.05) is 6.07 Å². The van der Waals surface area contributed by atoms with Crippen LogP contribution in [0.4, 0.5) is 11.8 Å². The number of rotatable bonds is 7. The first-order chi connectivity index (χ1) is 17.6. The van der Waals surface area contributed by atoms with E-state index in [-0.39, 0.29) is 0 Å². The second-order valence-electron chi connectivity index (χ2n) is 10.2. The number of fused-ring (bicyclic) bond motifs is 1. The second kappa shape index (κ2) is 11.4. The monoisotopic (exact) mass is 489 g/mol. The lowest BCUT2D eigenvalue weighted by atomic mass is 10.0. The van der Waals surface area contributed by atoms with Crippen molar-refractivity contribution in [3.05, 3.63) is 47.8 Å². The molecule has 8 heteroatoms. The number of hydrogen-bond acceptors (Lipinski definition) is 8. The van der Waals surface area contributed by atoms with E-state index < -0.39 is 0 Å². The number of nitrogens with one attached hydrogen (secondary N) is 1. The highest BCUT2D eigenvalue weighted by Gasteiger charge is 2.22. The van der Waals surface area contributed by atoms with Gasteiger partial charge in [-0.25, -0.2) is 4.98 Å². The molecule has 2 fully saturated rings. The number of ether oxygens (including phenoxy) is 1. The summed E-state index contributed by atoms with van der Waals surface area (Å²) in [5.41, 5.74) is 3.22. The Labute approximate surface area is 214 Å². The Hall–Kier alpha value is -2.97. The van der Waals surface area contributed by atoms with Crippen LogP contribution in [0.2, 0.25) is 0 Å². The molecular weight excluding hydrogens is 450 g/mol. The minimum absolute atomic E-state index is 0.414.